The quantitative estimate of drug-likeness (QED) is 0.214. The highest BCUT2D eigenvalue weighted by Gasteiger charge is 2.36. The molecule has 48 heavy (non-hydrogen) atoms. The van der Waals surface area contributed by atoms with Crippen molar-refractivity contribution in [1.82, 2.24) is 10.2 Å². The van der Waals surface area contributed by atoms with E-state index in [1.807, 2.05) is 30.3 Å². The summed E-state index contributed by atoms with van der Waals surface area (Å²) in [6.45, 7) is -0.267. The Morgan fingerprint density at radius 1 is 0.833 bits per heavy atom. The van der Waals surface area contributed by atoms with E-state index in [1.54, 1.807) is 48.5 Å². The number of halogens is 1. The Hall–Kier alpha value is -4.90. The lowest BCUT2D eigenvalue weighted by atomic mass is 10.0. The maximum atomic E-state index is 15.2. The van der Waals surface area contributed by atoms with Gasteiger partial charge in [0.05, 0.1) is 10.6 Å². The molecule has 0 saturated heterocycles. The zero-order chi connectivity index (χ0) is 33.5. The fraction of sp³-hybridized carbons (Fsp3) is 0.297. The molecule has 1 fully saturated rings. The van der Waals surface area contributed by atoms with Gasteiger partial charge in [0.25, 0.3) is 10.0 Å². The number of carbonyl (C=O) groups excluding carboxylic acids is 2. The third kappa shape index (κ3) is 7.62. The second kappa shape index (κ2) is 14.9. The third-order valence-electron chi connectivity index (χ3n) is 8.69. The molecular weight excluding hydrogens is 633 g/mol. The van der Waals surface area contributed by atoms with Gasteiger partial charge in [-0.25, -0.2) is 12.8 Å². The van der Waals surface area contributed by atoms with Crippen LogP contribution in [0.1, 0.15) is 36.8 Å². The zero-order valence-corrected chi connectivity index (χ0v) is 27.3. The maximum Gasteiger partial charge on any atom is 0.264 e. The van der Waals surface area contributed by atoms with Gasteiger partial charge in [-0.15, -0.1) is 0 Å². The van der Waals surface area contributed by atoms with Crippen LogP contribution in [-0.2, 0) is 32.6 Å². The minimum atomic E-state index is -4.30. The molecule has 11 heteroatoms. The van der Waals surface area contributed by atoms with E-state index in [2.05, 4.69) is 5.32 Å². The summed E-state index contributed by atoms with van der Waals surface area (Å²) in [5, 5.41) is 3.12. The molecule has 9 nitrogen and oxygen atoms in total. The number of nitrogens with zero attached hydrogens (tertiary/aromatic N) is 2. The Labute approximate surface area is 280 Å². The molecule has 2 aliphatic rings. The van der Waals surface area contributed by atoms with Crippen molar-refractivity contribution in [3.8, 4) is 11.5 Å². The first-order valence-corrected chi connectivity index (χ1v) is 17.6. The number of rotatable bonds is 12. The molecule has 1 saturated carbocycles. The van der Waals surface area contributed by atoms with Crippen LogP contribution < -0.4 is 19.1 Å². The van der Waals surface area contributed by atoms with Gasteiger partial charge in [0.15, 0.2) is 11.5 Å². The molecule has 0 spiro atoms. The lowest BCUT2D eigenvalue weighted by Gasteiger charge is -2.34. The summed E-state index contributed by atoms with van der Waals surface area (Å²) in [6, 6.07) is 26.8. The van der Waals surface area contributed by atoms with Gasteiger partial charge in [-0.2, -0.15) is 0 Å². The summed E-state index contributed by atoms with van der Waals surface area (Å²) in [4.78, 5) is 30.0. The molecular formula is C37H38FN3O6S. The monoisotopic (exact) mass is 671 g/mol. The Morgan fingerprint density at radius 2 is 1.48 bits per heavy atom. The highest BCUT2D eigenvalue weighted by molar-refractivity contribution is 7.92. The number of amides is 2. The van der Waals surface area contributed by atoms with Gasteiger partial charge in [-0.3, -0.25) is 13.9 Å². The number of ether oxygens (including phenoxy) is 2. The van der Waals surface area contributed by atoms with Crippen molar-refractivity contribution >= 4 is 27.5 Å². The second-order valence-electron chi connectivity index (χ2n) is 12.0. The van der Waals surface area contributed by atoms with Gasteiger partial charge < -0.3 is 19.7 Å². The highest BCUT2D eigenvalue weighted by Crippen LogP contribution is 2.36. The topological polar surface area (TPSA) is 105 Å². The molecule has 4 aromatic rings. The molecule has 0 radical (unpaired) electrons. The van der Waals surface area contributed by atoms with Crippen LogP contribution in [0, 0.1) is 5.82 Å². The number of hydrogen-bond acceptors (Lipinski definition) is 6. The molecule has 1 N–H and O–H groups in total. The van der Waals surface area contributed by atoms with Gasteiger partial charge >= 0.3 is 0 Å². The molecule has 1 aliphatic heterocycles. The number of sulfonamides is 1. The summed E-state index contributed by atoms with van der Waals surface area (Å²) in [5.74, 6) is -0.769. The van der Waals surface area contributed by atoms with Crippen LogP contribution in [0.15, 0.2) is 108 Å². The van der Waals surface area contributed by atoms with Crippen molar-refractivity contribution in [2.24, 2.45) is 0 Å². The van der Waals surface area contributed by atoms with Crippen molar-refractivity contribution in [2.45, 2.75) is 55.6 Å². The Kier molecular flexibility index (Phi) is 10.2. The maximum absolute atomic E-state index is 15.2. The van der Waals surface area contributed by atoms with Crippen LogP contribution in [0.3, 0.4) is 0 Å². The van der Waals surface area contributed by atoms with Crippen LogP contribution in [0.2, 0.25) is 0 Å². The molecule has 250 valence electrons. The Balaban J connectivity index is 1.41. The Morgan fingerprint density at radius 3 is 2.19 bits per heavy atom. The Bertz CT molecular complexity index is 1830. The van der Waals surface area contributed by atoms with Crippen LogP contribution in [0.4, 0.5) is 10.1 Å². The smallest absolute Gasteiger partial charge is 0.264 e. The van der Waals surface area contributed by atoms with Crippen molar-refractivity contribution < 1.29 is 31.9 Å². The first-order chi connectivity index (χ1) is 23.3. The standard InChI is InChI=1S/C37H38FN3O6S/c38-32-18-10-7-13-28(32)25-40(33(23-27-11-3-1-4-12-27)37(43)39-29-14-8-9-15-29)36(42)26-41(48(44,45)31-16-5-2-6-17-31)30-19-20-34-35(24-30)47-22-21-46-34/h1-7,10-13,16-20,24,29,33H,8-9,14-15,21-23,25-26H2,(H,39,43)/t33-/m0/s1. The van der Waals surface area contributed by atoms with Crippen LogP contribution in [0.5, 0.6) is 11.5 Å². The van der Waals surface area contributed by atoms with Gasteiger partial charge in [0.2, 0.25) is 11.8 Å². The summed E-state index contributed by atoms with van der Waals surface area (Å²) >= 11 is 0. The second-order valence-corrected chi connectivity index (χ2v) is 13.8. The minimum absolute atomic E-state index is 0.0202. The first-order valence-electron chi connectivity index (χ1n) is 16.1. The fourth-order valence-corrected chi connectivity index (χ4v) is 7.59. The van der Waals surface area contributed by atoms with Crippen molar-refractivity contribution in [2.75, 3.05) is 24.1 Å². The van der Waals surface area contributed by atoms with Crippen LogP contribution in [-0.4, -0.2) is 57.0 Å². The normalized spacial score (nSPS) is 15.0. The summed E-state index contributed by atoms with van der Waals surface area (Å²) in [7, 11) is -4.30. The summed E-state index contributed by atoms with van der Waals surface area (Å²) in [5.41, 5.74) is 1.18. The summed E-state index contributed by atoms with van der Waals surface area (Å²) < 4.78 is 56.0. The van der Waals surface area contributed by atoms with Crippen molar-refractivity contribution in [3.63, 3.8) is 0 Å². The van der Waals surface area contributed by atoms with E-state index in [-0.39, 0.29) is 47.7 Å². The molecule has 0 unspecified atom stereocenters. The zero-order valence-electron chi connectivity index (χ0n) is 26.5. The number of anilines is 1. The van der Waals surface area contributed by atoms with E-state index < -0.39 is 34.3 Å². The molecule has 1 heterocycles. The minimum Gasteiger partial charge on any atom is -0.486 e. The van der Waals surface area contributed by atoms with E-state index in [1.165, 1.54) is 29.2 Å². The van der Waals surface area contributed by atoms with Crippen LogP contribution in [0.25, 0.3) is 0 Å². The fourth-order valence-electron chi connectivity index (χ4n) is 6.17. The average Bonchev–Trinajstić information content (AvgIpc) is 3.63. The number of fused-ring (bicyclic) bond motifs is 1. The van der Waals surface area contributed by atoms with Crippen LogP contribution >= 0.6 is 0 Å². The summed E-state index contributed by atoms with van der Waals surface area (Å²) in [6.07, 6.45) is 3.80. The van der Waals surface area contributed by atoms with E-state index in [0.29, 0.717) is 18.1 Å². The molecule has 0 bridgehead atoms. The SMILES string of the molecule is O=C(NC1CCCC1)[C@H](Cc1ccccc1)N(Cc1ccccc1F)C(=O)CN(c1ccc2c(c1)OCCO2)S(=O)(=O)c1ccccc1. The number of carbonyl (C=O) groups is 2. The van der Waals surface area contributed by atoms with Gasteiger partial charge in [-0.05, 0) is 48.7 Å². The molecule has 1 aliphatic carbocycles. The average molecular weight is 672 g/mol. The van der Waals surface area contributed by atoms with Gasteiger partial charge in [-0.1, -0.05) is 79.6 Å². The van der Waals surface area contributed by atoms with Crippen molar-refractivity contribution in [3.05, 3.63) is 120 Å². The van der Waals surface area contributed by atoms with Crippen molar-refractivity contribution in [1.29, 1.82) is 0 Å². The lowest BCUT2D eigenvalue weighted by molar-refractivity contribution is -0.140. The van der Waals surface area contributed by atoms with Gasteiger partial charge in [0.1, 0.15) is 31.6 Å². The van der Waals surface area contributed by atoms with E-state index in [0.717, 1.165) is 35.6 Å². The number of nitrogens with one attached hydrogen (secondary N) is 1. The lowest BCUT2D eigenvalue weighted by Crippen LogP contribution is -2.54. The molecule has 6 rings (SSSR count). The highest BCUT2D eigenvalue weighted by atomic mass is 32.2. The predicted molar refractivity (Wildman–Crippen MR) is 180 cm³/mol. The largest absolute Gasteiger partial charge is 0.486 e. The van der Waals surface area contributed by atoms with E-state index >= 15 is 4.39 Å². The van der Waals surface area contributed by atoms with E-state index in [9.17, 15) is 18.0 Å². The first kappa shape index (κ1) is 33.0. The number of benzene rings is 4. The number of hydrogen-bond donors (Lipinski definition) is 1. The third-order valence-corrected chi connectivity index (χ3v) is 10.5. The predicted octanol–water partition coefficient (Wildman–Crippen LogP) is 5.49. The molecule has 2 amide bonds. The molecule has 1 atom stereocenters. The molecule has 0 aromatic heterocycles. The van der Waals surface area contributed by atoms with Gasteiger partial charge in [0, 0.05) is 30.6 Å². The van der Waals surface area contributed by atoms with E-state index in [4.69, 9.17) is 9.47 Å². The molecule has 4 aromatic carbocycles.